The summed E-state index contributed by atoms with van der Waals surface area (Å²) in [6, 6.07) is 18.4. The minimum absolute atomic E-state index is 0.0759. The van der Waals surface area contributed by atoms with Gasteiger partial charge < -0.3 is 5.32 Å². The van der Waals surface area contributed by atoms with Crippen molar-refractivity contribution in [3.05, 3.63) is 71.5 Å². The first-order valence-corrected chi connectivity index (χ1v) is 10.4. The van der Waals surface area contributed by atoms with E-state index in [-0.39, 0.29) is 11.9 Å². The van der Waals surface area contributed by atoms with Crippen molar-refractivity contribution in [1.29, 1.82) is 0 Å². The molecule has 4 nitrogen and oxygen atoms in total. The Morgan fingerprint density at radius 1 is 1.04 bits per heavy atom. The van der Waals surface area contributed by atoms with Crippen LogP contribution in [0.15, 0.2) is 54.6 Å². The molecule has 0 bridgehead atoms. The van der Waals surface area contributed by atoms with Crippen LogP contribution in [0.3, 0.4) is 0 Å². The average Bonchev–Trinajstić information content (AvgIpc) is 2.67. The number of para-hydroxylation sites is 2. The van der Waals surface area contributed by atoms with Crippen LogP contribution in [-0.2, 0) is 17.0 Å². The average molecular weight is 380 g/mol. The summed E-state index contributed by atoms with van der Waals surface area (Å²) < 4.78 is 0. The summed E-state index contributed by atoms with van der Waals surface area (Å²) in [5.74, 6) is 1.20. The molecular weight excluding hydrogens is 354 g/mol. The summed E-state index contributed by atoms with van der Waals surface area (Å²) >= 11 is 1.58. The molecule has 1 unspecified atom stereocenters. The molecule has 0 radical (unpaired) electrons. The van der Waals surface area contributed by atoms with E-state index in [1.807, 2.05) is 49.4 Å². The molecule has 0 fully saturated rings. The molecule has 140 valence electrons. The number of amides is 1. The lowest BCUT2D eigenvalue weighted by atomic mass is 10.1. The molecule has 0 aliphatic rings. The number of aromatic nitrogens is 2. The molecule has 1 amide bonds. The highest BCUT2D eigenvalue weighted by Crippen LogP contribution is 2.17. The molecule has 0 spiro atoms. The number of nitrogens with zero attached hydrogens (tertiary/aromatic N) is 2. The van der Waals surface area contributed by atoms with Gasteiger partial charge in [0.15, 0.2) is 0 Å². The Balaban J connectivity index is 1.43. The molecule has 2 aromatic carbocycles. The fourth-order valence-corrected chi connectivity index (χ4v) is 3.76. The normalized spacial score (nSPS) is 12.1. The maximum atomic E-state index is 12.2. The third-order valence-electron chi connectivity index (χ3n) is 4.43. The van der Waals surface area contributed by atoms with Crippen molar-refractivity contribution in [2.45, 2.75) is 38.5 Å². The Labute approximate surface area is 164 Å². The van der Waals surface area contributed by atoms with E-state index in [0.29, 0.717) is 11.5 Å². The number of fused-ring (bicyclic) bond motifs is 1. The molecule has 1 aromatic heterocycles. The molecule has 0 saturated carbocycles. The molecule has 3 rings (SSSR count). The first kappa shape index (κ1) is 19.4. The van der Waals surface area contributed by atoms with Gasteiger partial charge in [-0.15, -0.1) is 11.8 Å². The van der Waals surface area contributed by atoms with Gasteiger partial charge >= 0.3 is 0 Å². The molecule has 1 N–H and O–H groups in total. The van der Waals surface area contributed by atoms with Crippen molar-refractivity contribution in [1.82, 2.24) is 15.3 Å². The summed E-state index contributed by atoms with van der Waals surface area (Å²) in [6.45, 7) is 4.03. The Bertz CT molecular complexity index is 898. The topological polar surface area (TPSA) is 54.9 Å². The number of carbonyl (C=O) groups is 1. The van der Waals surface area contributed by atoms with E-state index >= 15 is 0 Å². The third-order valence-corrected chi connectivity index (χ3v) is 5.37. The largest absolute Gasteiger partial charge is 0.353 e. The number of nitrogens with one attached hydrogen (secondary N) is 1. The molecule has 0 aliphatic heterocycles. The molecule has 1 atom stereocenters. The summed E-state index contributed by atoms with van der Waals surface area (Å²) in [7, 11) is 0. The summed E-state index contributed by atoms with van der Waals surface area (Å²) in [4.78, 5) is 21.5. The van der Waals surface area contributed by atoms with E-state index in [0.717, 1.165) is 35.3 Å². The quantitative estimate of drug-likeness (QED) is 0.634. The van der Waals surface area contributed by atoms with Crippen molar-refractivity contribution in [2.75, 3.05) is 5.75 Å². The van der Waals surface area contributed by atoms with Crippen LogP contribution >= 0.6 is 11.8 Å². The molecule has 3 aromatic rings. The SMILES string of the molecule is Cc1nc2ccccc2nc1CSCC(=O)NC(C)CCc1ccccc1. The van der Waals surface area contributed by atoms with Gasteiger partial charge in [-0.25, -0.2) is 9.97 Å². The van der Waals surface area contributed by atoms with Gasteiger partial charge in [0.25, 0.3) is 0 Å². The van der Waals surface area contributed by atoms with Crippen LogP contribution in [0, 0.1) is 6.92 Å². The van der Waals surface area contributed by atoms with E-state index in [9.17, 15) is 4.79 Å². The second-order valence-electron chi connectivity index (χ2n) is 6.73. The van der Waals surface area contributed by atoms with Gasteiger partial charge in [0, 0.05) is 11.8 Å². The van der Waals surface area contributed by atoms with Crippen LogP contribution in [-0.4, -0.2) is 27.7 Å². The highest BCUT2D eigenvalue weighted by atomic mass is 32.2. The number of thioether (sulfide) groups is 1. The maximum absolute atomic E-state index is 12.2. The summed E-state index contributed by atoms with van der Waals surface area (Å²) in [5, 5.41) is 3.08. The summed E-state index contributed by atoms with van der Waals surface area (Å²) in [5.41, 5.74) is 4.99. The lowest BCUT2D eigenvalue weighted by Gasteiger charge is -2.14. The van der Waals surface area contributed by atoms with Crippen molar-refractivity contribution in [2.24, 2.45) is 0 Å². The smallest absolute Gasteiger partial charge is 0.230 e. The second kappa shape index (κ2) is 9.51. The van der Waals surface area contributed by atoms with Crippen LogP contribution in [0.1, 0.15) is 30.3 Å². The Morgan fingerprint density at radius 3 is 2.44 bits per heavy atom. The van der Waals surface area contributed by atoms with Gasteiger partial charge in [-0.1, -0.05) is 42.5 Å². The molecule has 0 aliphatic carbocycles. The van der Waals surface area contributed by atoms with Crippen molar-refractivity contribution >= 4 is 28.7 Å². The van der Waals surface area contributed by atoms with E-state index < -0.39 is 0 Å². The molecule has 27 heavy (non-hydrogen) atoms. The Morgan fingerprint density at radius 2 is 1.70 bits per heavy atom. The number of hydrogen-bond donors (Lipinski definition) is 1. The predicted octanol–water partition coefficient (Wildman–Crippen LogP) is 4.31. The standard InChI is InChI=1S/C22H25N3OS/c1-16(12-13-18-8-4-3-5-9-18)23-22(26)15-27-14-21-17(2)24-19-10-6-7-11-20(19)25-21/h3-11,16H,12-15H2,1-2H3,(H,23,26). The first-order valence-electron chi connectivity index (χ1n) is 9.25. The highest BCUT2D eigenvalue weighted by molar-refractivity contribution is 7.99. The Hall–Kier alpha value is -2.40. The van der Waals surface area contributed by atoms with Gasteiger partial charge in [0.2, 0.25) is 5.91 Å². The van der Waals surface area contributed by atoms with E-state index in [1.54, 1.807) is 11.8 Å². The summed E-state index contributed by atoms with van der Waals surface area (Å²) in [6.07, 6.45) is 1.91. The minimum Gasteiger partial charge on any atom is -0.353 e. The zero-order valence-electron chi connectivity index (χ0n) is 15.8. The van der Waals surface area contributed by atoms with Gasteiger partial charge in [-0.2, -0.15) is 0 Å². The third kappa shape index (κ3) is 5.79. The van der Waals surface area contributed by atoms with Crippen molar-refractivity contribution in [3.8, 4) is 0 Å². The van der Waals surface area contributed by atoms with Crippen LogP contribution < -0.4 is 5.32 Å². The predicted molar refractivity (Wildman–Crippen MR) is 113 cm³/mol. The van der Waals surface area contributed by atoms with E-state index in [2.05, 4.69) is 34.3 Å². The fourth-order valence-electron chi connectivity index (χ4n) is 2.92. The number of carbonyl (C=O) groups excluding carboxylic acids is 1. The second-order valence-corrected chi connectivity index (χ2v) is 7.72. The Kier molecular flexibility index (Phi) is 6.82. The lowest BCUT2D eigenvalue weighted by molar-refractivity contribution is -0.119. The number of aryl methyl sites for hydroxylation is 2. The van der Waals surface area contributed by atoms with Gasteiger partial charge in [0.05, 0.1) is 28.2 Å². The van der Waals surface area contributed by atoms with Crippen molar-refractivity contribution in [3.63, 3.8) is 0 Å². The van der Waals surface area contributed by atoms with E-state index in [4.69, 9.17) is 0 Å². The van der Waals surface area contributed by atoms with Gasteiger partial charge in [-0.05, 0) is 44.4 Å². The van der Waals surface area contributed by atoms with Crippen LogP contribution in [0.25, 0.3) is 11.0 Å². The van der Waals surface area contributed by atoms with E-state index in [1.165, 1.54) is 5.56 Å². The molecule has 0 saturated heterocycles. The molecule has 1 heterocycles. The zero-order chi connectivity index (χ0) is 19.1. The number of hydrogen-bond acceptors (Lipinski definition) is 4. The van der Waals surface area contributed by atoms with Gasteiger partial charge in [0.1, 0.15) is 0 Å². The molecular formula is C22H25N3OS. The zero-order valence-corrected chi connectivity index (χ0v) is 16.6. The minimum atomic E-state index is 0.0759. The maximum Gasteiger partial charge on any atom is 0.230 e. The number of benzene rings is 2. The van der Waals surface area contributed by atoms with Crippen molar-refractivity contribution < 1.29 is 4.79 Å². The van der Waals surface area contributed by atoms with Crippen LogP contribution in [0.4, 0.5) is 0 Å². The fraction of sp³-hybridized carbons (Fsp3) is 0.318. The molecule has 5 heteroatoms. The first-order chi connectivity index (χ1) is 13.1. The van der Waals surface area contributed by atoms with Crippen LogP contribution in [0.5, 0.6) is 0 Å². The monoisotopic (exact) mass is 379 g/mol. The van der Waals surface area contributed by atoms with Gasteiger partial charge in [-0.3, -0.25) is 4.79 Å². The highest BCUT2D eigenvalue weighted by Gasteiger charge is 2.10. The lowest BCUT2D eigenvalue weighted by Crippen LogP contribution is -2.34. The number of rotatable bonds is 8. The van der Waals surface area contributed by atoms with Crippen LogP contribution in [0.2, 0.25) is 0 Å².